The van der Waals surface area contributed by atoms with Gasteiger partial charge in [-0.25, -0.2) is 8.78 Å². The first kappa shape index (κ1) is 12.2. The third-order valence-electron chi connectivity index (χ3n) is 3.30. The van der Waals surface area contributed by atoms with Gasteiger partial charge >= 0.3 is 0 Å². The van der Waals surface area contributed by atoms with E-state index in [1.807, 2.05) is 6.07 Å². The number of nitriles is 1. The fraction of sp³-hybridized carbons (Fsp3) is 0. The number of carbonyl (C=O) groups is 1. The number of fused-ring (bicyclic) bond motifs is 3. The molecule has 3 aromatic rings. The van der Waals surface area contributed by atoms with Crippen LogP contribution in [0.4, 0.5) is 8.78 Å². The lowest BCUT2D eigenvalue weighted by molar-refractivity contribution is 0.111. The Morgan fingerprint density at radius 1 is 0.950 bits per heavy atom. The Bertz CT molecular complexity index is 910. The topological polar surface area (TPSA) is 40.9 Å². The molecule has 0 unspecified atom stereocenters. The van der Waals surface area contributed by atoms with Gasteiger partial charge in [-0.15, -0.1) is 0 Å². The minimum atomic E-state index is -1.14. The van der Waals surface area contributed by atoms with Crippen molar-refractivity contribution in [3.63, 3.8) is 0 Å². The van der Waals surface area contributed by atoms with Crippen LogP contribution in [-0.2, 0) is 0 Å². The molecule has 0 bridgehead atoms. The van der Waals surface area contributed by atoms with Crippen molar-refractivity contribution in [3.05, 3.63) is 59.2 Å². The number of benzene rings is 3. The molecule has 0 fully saturated rings. The van der Waals surface area contributed by atoms with Gasteiger partial charge in [-0.05, 0) is 34.4 Å². The fourth-order valence-electron chi connectivity index (χ4n) is 2.32. The molecule has 0 atom stereocenters. The zero-order chi connectivity index (χ0) is 14.3. The van der Waals surface area contributed by atoms with Gasteiger partial charge in [0.1, 0.15) is 0 Å². The van der Waals surface area contributed by atoms with E-state index in [1.54, 1.807) is 24.3 Å². The van der Waals surface area contributed by atoms with Crippen molar-refractivity contribution >= 4 is 27.8 Å². The second kappa shape index (κ2) is 4.39. The summed E-state index contributed by atoms with van der Waals surface area (Å²) >= 11 is 0. The van der Waals surface area contributed by atoms with Crippen molar-refractivity contribution in [3.8, 4) is 6.07 Å². The molecular formula is C16H7F2NO. The lowest BCUT2D eigenvalue weighted by Crippen LogP contribution is -1.95. The minimum absolute atomic E-state index is 0.116. The predicted molar refractivity (Wildman–Crippen MR) is 71.5 cm³/mol. The first-order chi connectivity index (χ1) is 9.65. The van der Waals surface area contributed by atoms with Crippen molar-refractivity contribution in [2.75, 3.05) is 0 Å². The van der Waals surface area contributed by atoms with E-state index in [2.05, 4.69) is 0 Å². The highest BCUT2D eigenvalue weighted by atomic mass is 19.2. The van der Waals surface area contributed by atoms with Crippen LogP contribution in [0.5, 0.6) is 0 Å². The van der Waals surface area contributed by atoms with Crippen LogP contribution in [0, 0.1) is 23.0 Å². The van der Waals surface area contributed by atoms with Crippen LogP contribution in [0.15, 0.2) is 36.4 Å². The lowest BCUT2D eigenvalue weighted by Gasteiger charge is -2.07. The Balaban J connectivity index is 2.51. The van der Waals surface area contributed by atoms with Crippen LogP contribution in [-0.4, -0.2) is 6.29 Å². The van der Waals surface area contributed by atoms with Gasteiger partial charge in [-0.2, -0.15) is 5.26 Å². The normalized spacial score (nSPS) is 10.7. The summed E-state index contributed by atoms with van der Waals surface area (Å²) in [4.78, 5) is 10.8. The Kier molecular flexibility index (Phi) is 2.69. The average molecular weight is 267 g/mol. The van der Waals surface area contributed by atoms with Crippen LogP contribution in [0.2, 0.25) is 0 Å². The van der Waals surface area contributed by atoms with Gasteiger partial charge in [0.25, 0.3) is 0 Å². The van der Waals surface area contributed by atoms with Crippen LogP contribution < -0.4 is 0 Å². The van der Waals surface area contributed by atoms with Crippen molar-refractivity contribution in [2.24, 2.45) is 0 Å². The van der Waals surface area contributed by atoms with Crippen LogP contribution in [0.25, 0.3) is 21.5 Å². The predicted octanol–water partition coefficient (Wildman–Crippen LogP) is 3.96. The SMILES string of the molecule is N#Cc1ccc2c(ccc3c(F)c(F)c(C=O)cc32)c1. The molecule has 0 radical (unpaired) electrons. The number of rotatable bonds is 1. The van der Waals surface area contributed by atoms with Gasteiger partial charge in [0.2, 0.25) is 0 Å². The Morgan fingerprint density at radius 3 is 2.40 bits per heavy atom. The molecule has 0 spiro atoms. The maximum Gasteiger partial charge on any atom is 0.169 e. The van der Waals surface area contributed by atoms with Crippen LogP contribution in [0.1, 0.15) is 15.9 Å². The zero-order valence-electron chi connectivity index (χ0n) is 10.2. The summed E-state index contributed by atoms with van der Waals surface area (Å²) in [5.74, 6) is -2.17. The smallest absolute Gasteiger partial charge is 0.169 e. The van der Waals surface area contributed by atoms with E-state index in [4.69, 9.17) is 5.26 Å². The van der Waals surface area contributed by atoms with E-state index in [9.17, 15) is 13.6 Å². The maximum absolute atomic E-state index is 13.9. The molecular weight excluding hydrogens is 260 g/mol. The highest BCUT2D eigenvalue weighted by Crippen LogP contribution is 2.30. The summed E-state index contributed by atoms with van der Waals surface area (Å²) < 4.78 is 27.5. The molecule has 0 amide bonds. The number of nitrogens with zero attached hydrogens (tertiary/aromatic N) is 1. The molecule has 20 heavy (non-hydrogen) atoms. The number of carbonyl (C=O) groups excluding carboxylic acids is 1. The van der Waals surface area contributed by atoms with E-state index in [0.29, 0.717) is 22.6 Å². The molecule has 0 saturated heterocycles. The summed E-state index contributed by atoms with van der Waals surface area (Å²) in [6.07, 6.45) is 0.292. The highest BCUT2D eigenvalue weighted by molar-refractivity contribution is 6.09. The third-order valence-corrected chi connectivity index (χ3v) is 3.30. The average Bonchev–Trinajstić information content (AvgIpc) is 2.49. The Morgan fingerprint density at radius 2 is 1.70 bits per heavy atom. The molecule has 0 aliphatic heterocycles. The second-order valence-electron chi connectivity index (χ2n) is 4.42. The molecule has 0 heterocycles. The van der Waals surface area contributed by atoms with Crippen molar-refractivity contribution in [1.82, 2.24) is 0 Å². The Labute approximate surface area is 112 Å². The molecule has 96 valence electrons. The number of aldehydes is 1. The van der Waals surface area contributed by atoms with Gasteiger partial charge in [-0.3, -0.25) is 4.79 Å². The van der Waals surface area contributed by atoms with E-state index in [1.165, 1.54) is 12.1 Å². The lowest BCUT2D eigenvalue weighted by atomic mass is 9.98. The molecule has 3 aromatic carbocycles. The van der Waals surface area contributed by atoms with Gasteiger partial charge in [0, 0.05) is 5.39 Å². The largest absolute Gasteiger partial charge is 0.298 e. The van der Waals surface area contributed by atoms with Crippen LogP contribution >= 0.6 is 0 Å². The first-order valence-electron chi connectivity index (χ1n) is 5.85. The standard InChI is InChI=1S/C16H7F2NO/c17-15-11(8-20)6-14-12-3-1-9(7-19)5-10(12)2-4-13(14)16(15)18/h1-6,8H. The van der Waals surface area contributed by atoms with Crippen molar-refractivity contribution < 1.29 is 13.6 Å². The molecule has 0 aliphatic rings. The zero-order valence-corrected chi connectivity index (χ0v) is 10.2. The number of hydrogen-bond acceptors (Lipinski definition) is 2. The Hall–Kier alpha value is -2.80. The summed E-state index contributed by atoms with van der Waals surface area (Å²) in [7, 11) is 0. The first-order valence-corrected chi connectivity index (χ1v) is 5.85. The fourth-order valence-corrected chi connectivity index (χ4v) is 2.32. The molecule has 0 N–H and O–H groups in total. The van der Waals surface area contributed by atoms with Crippen molar-refractivity contribution in [2.45, 2.75) is 0 Å². The maximum atomic E-state index is 13.9. The van der Waals surface area contributed by atoms with Gasteiger partial charge < -0.3 is 0 Å². The quantitative estimate of drug-likeness (QED) is 0.494. The van der Waals surface area contributed by atoms with E-state index >= 15 is 0 Å². The van der Waals surface area contributed by atoms with E-state index in [-0.39, 0.29) is 10.9 Å². The molecule has 0 aromatic heterocycles. The van der Waals surface area contributed by atoms with Crippen LogP contribution in [0.3, 0.4) is 0 Å². The summed E-state index contributed by atoms with van der Waals surface area (Å²) in [5.41, 5.74) is 0.168. The van der Waals surface area contributed by atoms with E-state index in [0.717, 1.165) is 5.39 Å². The monoisotopic (exact) mass is 267 g/mol. The summed E-state index contributed by atoms with van der Waals surface area (Å²) in [6, 6.07) is 11.4. The van der Waals surface area contributed by atoms with Crippen molar-refractivity contribution in [1.29, 1.82) is 5.26 Å². The third kappa shape index (κ3) is 1.64. The highest BCUT2D eigenvalue weighted by Gasteiger charge is 2.14. The van der Waals surface area contributed by atoms with E-state index < -0.39 is 11.6 Å². The molecule has 4 heteroatoms. The number of hydrogen-bond donors (Lipinski definition) is 0. The molecule has 2 nitrogen and oxygen atoms in total. The molecule has 0 saturated carbocycles. The molecule has 0 aliphatic carbocycles. The van der Waals surface area contributed by atoms with Gasteiger partial charge in [0.05, 0.1) is 17.2 Å². The number of halogens is 2. The second-order valence-corrected chi connectivity index (χ2v) is 4.42. The molecule has 3 rings (SSSR count). The summed E-state index contributed by atoms with van der Waals surface area (Å²) in [5, 5.41) is 10.8. The summed E-state index contributed by atoms with van der Waals surface area (Å²) in [6.45, 7) is 0. The van der Waals surface area contributed by atoms with Gasteiger partial charge in [0.15, 0.2) is 17.9 Å². The minimum Gasteiger partial charge on any atom is -0.298 e. The van der Waals surface area contributed by atoms with Gasteiger partial charge in [-0.1, -0.05) is 18.2 Å².